The Kier molecular flexibility index (Phi) is 16.9. The first kappa shape index (κ1) is 25.2. The molecule has 23 heavy (non-hydrogen) atoms. The fraction of sp³-hybridized carbons (Fsp3) is 0.938. The number of carbonyl (C=O) groups is 1. The highest BCUT2D eigenvalue weighted by Gasteiger charge is 2.21. The molecule has 0 aliphatic carbocycles. The smallest absolute Gasteiger partial charge is 0.220 e. The zero-order chi connectivity index (χ0) is 15.5. The number of piperidine rings is 1. The van der Waals surface area contributed by atoms with Crippen LogP contribution in [0.2, 0.25) is 0 Å². The number of ether oxygens (including phenoxy) is 1. The third-order valence-electron chi connectivity index (χ3n) is 4.41. The highest BCUT2D eigenvalue weighted by atomic mass is 35.5. The molecule has 1 saturated heterocycles. The van der Waals surface area contributed by atoms with Crippen molar-refractivity contribution in [1.82, 2.24) is 15.5 Å². The Morgan fingerprint density at radius 3 is 2.57 bits per heavy atom. The van der Waals surface area contributed by atoms with Crippen LogP contribution in [0.15, 0.2) is 0 Å². The van der Waals surface area contributed by atoms with E-state index in [4.69, 9.17) is 4.74 Å². The fourth-order valence-corrected chi connectivity index (χ4v) is 2.88. The van der Waals surface area contributed by atoms with Gasteiger partial charge in [0.1, 0.15) is 0 Å². The van der Waals surface area contributed by atoms with Crippen LogP contribution in [-0.4, -0.2) is 64.3 Å². The fourth-order valence-electron chi connectivity index (χ4n) is 2.88. The van der Waals surface area contributed by atoms with Gasteiger partial charge < -0.3 is 20.3 Å². The van der Waals surface area contributed by atoms with Gasteiger partial charge in [0.25, 0.3) is 0 Å². The summed E-state index contributed by atoms with van der Waals surface area (Å²) < 4.78 is 5.04. The number of hydrogen-bond donors (Lipinski definition) is 2. The number of nitrogens with one attached hydrogen (secondary N) is 2. The van der Waals surface area contributed by atoms with E-state index in [2.05, 4.69) is 29.5 Å². The van der Waals surface area contributed by atoms with Gasteiger partial charge in [-0.15, -0.1) is 24.8 Å². The van der Waals surface area contributed by atoms with Crippen molar-refractivity contribution in [2.75, 3.05) is 53.5 Å². The van der Waals surface area contributed by atoms with Crippen LogP contribution in [0.1, 0.15) is 32.6 Å². The van der Waals surface area contributed by atoms with Crippen molar-refractivity contribution in [2.24, 2.45) is 11.8 Å². The molecule has 1 aliphatic rings. The van der Waals surface area contributed by atoms with Crippen LogP contribution < -0.4 is 10.6 Å². The average Bonchev–Trinajstić information content (AvgIpc) is 2.50. The molecular weight excluding hydrogens is 337 g/mol. The minimum atomic E-state index is 0. The van der Waals surface area contributed by atoms with E-state index in [1.54, 1.807) is 7.11 Å². The third kappa shape index (κ3) is 12.0. The Morgan fingerprint density at radius 2 is 1.96 bits per heavy atom. The molecule has 2 N–H and O–H groups in total. The maximum Gasteiger partial charge on any atom is 0.220 e. The van der Waals surface area contributed by atoms with Crippen LogP contribution in [0.5, 0.6) is 0 Å². The summed E-state index contributed by atoms with van der Waals surface area (Å²) in [6.07, 6.45) is 4.08. The predicted molar refractivity (Wildman–Crippen MR) is 101 cm³/mol. The molecule has 0 saturated carbocycles. The molecule has 140 valence electrons. The molecule has 0 aromatic carbocycles. The van der Waals surface area contributed by atoms with E-state index < -0.39 is 0 Å². The van der Waals surface area contributed by atoms with Gasteiger partial charge >= 0.3 is 0 Å². The maximum absolute atomic E-state index is 12.0. The van der Waals surface area contributed by atoms with Crippen LogP contribution in [0.4, 0.5) is 0 Å². The standard InChI is InChI=1S/C16H33N3O2.2ClH/c1-14(15-5-8-17-9-6-15)13-16(20)18-7-4-10-19(2)11-12-21-3;;/h14-15,17H,4-13H2,1-3H3,(H,18,20);2*1H. The van der Waals surface area contributed by atoms with Gasteiger partial charge in [-0.3, -0.25) is 4.79 Å². The highest BCUT2D eigenvalue weighted by Crippen LogP contribution is 2.23. The summed E-state index contributed by atoms with van der Waals surface area (Å²) in [6, 6.07) is 0. The molecule has 0 bridgehead atoms. The Balaban J connectivity index is 0. The lowest BCUT2D eigenvalue weighted by Gasteiger charge is -2.27. The molecule has 0 aromatic heterocycles. The van der Waals surface area contributed by atoms with Crippen molar-refractivity contribution in [3.8, 4) is 0 Å². The SMILES string of the molecule is COCCN(C)CCCNC(=O)CC(C)C1CCNCC1.Cl.Cl. The minimum absolute atomic E-state index is 0. The Labute approximate surface area is 154 Å². The lowest BCUT2D eigenvalue weighted by atomic mass is 9.84. The lowest BCUT2D eigenvalue weighted by molar-refractivity contribution is -0.122. The van der Waals surface area contributed by atoms with Gasteiger partial charge in [0.2, 0.25) is 5.91 Å². The first-order valence-corrected chi connectivity index (χ1v) is 8.28. The molecule has 1 unspecified atom stereocenters. The Morgan fingerprint density at radius 1 is 1.30 bits per heavy atom. The van der Waals surface area contributed by atoms with E-state index in [0.29, 0.717) is 18.3 Å². The van der Waals surface area contributed by atoms with E-state index in [9.17, 15) is 4.79 Å². The second kappa shape index (κ2) is 15.5. The van der Waals surface area contributed by atoms with Gasteiger partial charge in [-0.2, -0.15) is 0 Å². The quantitative estimate of drug-likeness (QED) is 0.576. The zero-order valence-corrected chi connectivity index (χ0v) is 16.4. The van der Waals surface area contributed by atoms with E-state index in [1.807, 2.05) is 0 Å². The van der Waals surface area contributed by atoms with Crippen LogP contribution >= 0.6 is 24.8 Å². The van der Waals surface area contributed by atoms with Gasteiger partial charge in [0, 0.05) is 26.6 Å². The minimum Gasteiger partial charge on any atom is -0.383 e. The van der Waals surface area contributed by atoms with Crippen molar-refractivity contribution >= 4 is 30.7 Å². The number of methoxy groups -OCH3 is 1. The number of nitrogens with zero attached hydrogens (tertiary/aromatic N) is 1. The van der Waals surface area contributed by atoms with E-state index in [0.717, 1.165) is 45.8 Å². The summed E-state index contributed by atoms with van der Waals surface area (Å²) in [4.78, 5) is 14.2. The normalized spacial score (nSPS) is 16.3. The van der Waals surface area contributed by atoms with Gasteiger partial charge in [0.15, 0.2) is 0 Å². The van der Waals surface area contributed by atoms with Crippen molar-refractivity contribution < 1.29 is 9.53 Å². The van der Waals surface area contributed by atoms with E-state index in [1.165, 1.54) is 12.8 Å². The maximum atomic E-state index is 12.0. The molecule has 0 radical (unpaired) electrons. The molecule has 1 rings (SSSR count). The molecule has 0 spiro atoms. The molecule has 1 atom stereocenters. The molecule has 7 heteroatoms. The number of amides is 1. The van der Waals surface area contributed by atoms with Gasteiger partial charge in [-0.05, 0) is 57.8 Å². The van der Waals surface area contributed by atoms with Crippen LogP contribution in [0, 0.1) is 11.8 Å². The van der Waals surface area contributed by atoms with Crippen molar-refractivity contribution in [3.05, 3.63) is 0 Å². The second-order valence-corrected chi connectivity index (χ2v) is 6.27. The summed E-state index contributed by atoms with van der Waals surface area (Å²) >= 11 is 0. The highest BCUT2D eigenvalue weighted by molar-refractivity contribution is 5.85. The topological polar surface area (TPSA) is 53.6 Å². The predicted octanol–water partition coefficient (Wildman–Crippen LogP) is 1.94. The van der Waals surface area contributed by atoms with Gasteiger partial charge in [-0.1, -0.05) is 6.92 Å². The number of halogens is 2. The summed E-state index contributed by atoms with van der Waals surface area (Å²) in [5.41, 5.74) is 0. The summed E-state index contributed by atoms with van der Waals surface area (Å²) in [6.45, 7) is 7.89. The molecule has 5 nitrogen and oxygen atoms in total. The van der Waals surface area contributed by atoms with Crippen molar-refractivity contribution in [1.29, 1.82) is 0 Å². The van der Waals surface area contributed by atoms with Crippen molar-refractivity contribution in [3.63, 3.8) is 0 Å². The largest absolute Gasteiger partial charge is 0.383 e. The zero-order valence-electron chi connectivity index (χ0n) is 14.8. The first-order chi connectivity index (χ1) is 10.1. The average molecular weight is 372 g/mol. The second-order valence-electron chi connectivity index (χ2n) is 6.27. The molecular formula is C16H35Cl2N3O2. The molecule has 1 amide bonds. The molecule has 1 aliphatic heterocycles. The number of hydrogen-bond acceptors (Lipinski definition) is 4. The lowest BCUT2D eigenvalue weighted by Crippen LogP contribution is -2.34. The van der Waals surface area contributed by atoms with Crippen molar-refractivity contribution in [2.45, 2.75) is 32.6 Å². The molecule has 0 aromatic rings. The van der Waals surface area contributed by atoms with Gasteiger partial charge in [-0.25, -0.2) is 0 Å². The van der Waals surface area contributed by atoms with Gasteiger partial charge in [0.05, 0.1) is 6.61 Å². The van der Waals surface area contributed by atoms with Crippen LogP contribution in [-0.2, 0) is 9.53 Å². The number of likely N-dealkylation sites (N-methyl/N-ethyl adjacent to an activating group) is 1. The summed E-state index contributed by atoms with van der Waals surface area (Å²) in [7, 11) is 3.80. The van der Waals surface area contributed by atoms with E-state index in [-0.39, 0.29) is 30.7 Å². The summed E-state index contributed by atoms with van der Waals surface area (Å²) in [5, 5.41) is 6.43. The van der Waals surface area contributed by atoms with Crippen LogP contribution in [0.25, 0.3) is 0 Å². The Hall–Kier alpha value is -0.0700. The molecule has 1 fully saturated rings. The third-order valence-corrected chi connectivity index (χ3v) is 4.41. The monoisotopic (exact) mass is 371 g/mol. The summed E-state index contributed by atoms with van der Waals surface area (Å²) in [5.74, 6) is 1.41. The number of rotatable bonds is 10. The Bertz CT molecular complexity index is 290. The van der Waals surface area contributed by atoms with E-state index >= 15 is 0 Å². The number of carbonyl (C=O) groups excluding carboxylic acids is 1. The first-order valence-electron chi connectivity index (χ1n) is 8.28. The van der Waals surface area contributed by atoms with Crippen LogP contribution in [0.3, 0.4) is 0 Å². The molecule has 1 heterocycles.